The van der Waals surface area contributed by atoms with Crippen LogP contribution < -0.4 is 5.73 Å². The first-order valence-corrected chi connectivity index (χ1v) is 6.46. The average molecular weight is 307 g/mol. The zero-order valence-corrected chi connectivity index (χ0v) is 11.7. The van der Waals surface area contributed by atoms with Crippen LogP contribution in [0.1, 0.15) is 6.23 Å². The molecule has 2 heterocycles. The van der Waals surface area contributed by atoms with Crippen LogP contribution in [0.25, 0.3) is 11.2 Å². The largest absolute Gasteiger partial charge is 0.394 e. The second kappa shape index (κ2) is 7.12. The van der Waals surface area contributed by atoms with Crippen LogP contribution >= 0.6 is 0 Å². The molecule has 0 saturated heterocycles. The minimum atomic E-state index is -1.12. The van der Waals surface area contributed by atoms with E-state index in [1.54, 1.807) is 0 Å². The highest BCUT2D eigenvalue weighted by atomic mass is 16.5. The molecule has 0 saturated carbocycles. The molecule has 3 atom stereocenters. The molecule has 0 aliphatic rings. The number of hydrogen-bond donors (Lipinski definition) is 4. The van der Waals surface area contributed by atoms with E-state index in [-0.39, 0.29) is 5.82 Å². The second-order valence-electron chi connectivity index (χ2n) is 4.44. The number of rotatable bonds is 7. The Balaban J connectivity index is 2.30. The number of nitrogens with zero attached hydrogens (tertiary/aromatic N) is 4. The van der Waals surface area contributed by atoms with Crippen molar-refractivity contribution in [1.82, 2.24) is 19.5 Å². The number of ether oxygens (including phenoxy) is 1. The third-order valence-corrected chi connectivity index (χ3v) is 3.03. The lowest BCUT2D eigenvalue weighted by molar-refractivity contribution is -0.126. The minimum absolute atomic E-state index is 0.203. The van der Waals surface area contributed by atoms with E-state index >= 15 is 0 Å². The average Bonchev–Trinajstić information content (AvgIpc) is 2.94. The van der Waals surface area contributed by atoms with Crippen molar-refractivity contribution in [1.29, 1.82) is 0 Å². The molecule has 2 rings (SSSR count). The first kappa shape index (κ1) is 16.1. The molecule has 5 N–H and O–H groups in total. The Bertz CT molecular complexity index is 682. The maximum Gasteiger partial charge on any atom is 0.167 e. The highest BCUT2D eigenvalue weighted by Crippen LogP contribution is 2.21. The number of nitrogen functional groups attached to an aromatic ring is 1. The van der Waals surface area contributed by atoms with Gasteiger partial charge in [-0.25, -0.2) is 15.0 Å². The summed E-state index contributed by atoms with van der Waals surface area (Å²) in [5.41, 5.74) is 8.85. The maximum atomic E-state index is 9.81. The fourth-order valence-corrected chi connectivity index (χ4v) is 1.94. The Kier molecular flexibility index (Phi) is 5.21. The zero-order chi connectivity index (χ0) is 16.1. The van der Waals surface area contributed by atoms with Gasteiger partial charge in [0, 0.05) is 0 Å². The highest BCUT2D eigenvalue weighted by molar-refractivity contribution is 5.81. The van der Waals surface area contributed by atoms with Crippen LogP contribution in [0.3, 0.4) is 0 Å². The summed E-state index contributed by atoms with van der Waals surface area (Å²) in [5, 5.41) is 28.7. The standard InChI is InChI=1S/C13H17N5O4/c1-2-3-8(21)9(4-19)22-10(5-20)18-7-17-11-12(14)15-6-16-13(11)18/h3,6-10,19-21H,1,4-5H2,(H2,14,15,16)/t8-,9+,10+/m0/s1. The van der Waals surface area contributed by atoms with E-state index in [9.17, 15) is 15.3 Å². The number of aliphatic hydroxyl groups excluding tert-OH is 3. The molecule has 118 valence electrons. The summed E-state index contributed by atoms with van der Waals surface area (Å²) < 4.78 is 6.97. The summed E-state index contributed by atoms with van der Waals surface area (Å²) in [7, 11) is 0. The molecule has 0 aliphatic heterocycles. The number of imidazole rings is 1. The lowest BCUT2D eigenvalue weighted by Gasteiger charge is -2.25. The van der Waals surface area contributed by atoms with E-state index in [1.165, 1.54) is 23.3 Å². The normalized spacial score (nSPS) is 15.2. The van der Waals surface area contributed by atoms with Crippen molar-refractivity contribution >= 4 is 17.0 Å². The monoisotopic (exact) mass is 307 g/mol. The Labute approximate surface area is 126 Å². The number of nitrogens with two attached hydrogens (primary N) is 1. The molecule has 0 spiro atoms. The van der Waals surface area contributed by atoms with Gasteiger partial charge in [0.1, 0.15) is 24.1 Å². The highest BCUT2D eigenvalue weighted by Gasteiger charge is 2.24. The van der Waals surface area contributed by atoms with Crippen molar-refractivity contribution in [2.75, 3.05) is 18.9 Å². The molecule has 0 aliphatic carbocycles. The number of fused-ring (bicyclic) bond motifs is 1. The van der Waals surface area contributed by atoms with Crippen LogP contribution in [-0.4, -0.2) is 60.3 Å². The van der Waals surface area contributed by atoms with Gasteiger partial charge in [-0.1, -0.05) is 6.58 Å². The molecule has 0 aromatic carbocycles. The third-order valence-electron chi connectivity index (χ3n) is 3.03. The molecule has 9 heteroatoms. The first-order chi connectivity index (χ1) is 10.6. The fraction of sp³-hybridized carbons (Fsp3) is 0.385. The van der Waals surface area contributed by atoms with Crippen molar-refractivity contribution in [3.05, 3.63) is 31.0 Å². The smallest absolute Gasteiger partial charge is 0.167 e. The van der Waals surface area contributed by atoms with E-state index in [0.29, 0.717) is 11.2 Å². The Morgan fingerprint density at radius 3 is 2.77 bits per heavy atom. The Morgan fingerprint density at radius 2 is 2.14 bits per heavy atom. The number of aliphatic hydroxyl groups is 3. The van der Waals surface area contributed by atoms with E-state index in [1.807, 2.05) is 0 Å². The van der Waals surface area contributed by atoms with Crippen molar-refractivity contribution in [2.24, 2.45) is 0 Å². The Morgan fingerprint density at radius 1 is 1.36 bits per heavy atom. The van der Waals surface area contributed by atoms with Crippen LogP contribution in [0.5, 0.6) is 0 Å². The molecule has 9 nitrogen and oxygen atoms in total. The van der Waals surface area contributed by atoms with Gasteiger partial charge in [-0.3, -0.25) is 4.57 Å². The van der Waals surface area contributed by atoms with E-state index in [2.05, 4.69) is 27.3 Å². The van der Waals surface area contributed by atoms with Crippen LogP contribution in [0.15, 0.2) is 31.0 Å². The Hall–Kier alpha value is -2.29. The number of anilines is 1. The number of hydrogen-bond acceptors (Lipinski definition) is 8. The molecule has 2 aromatic rings. The second-order valence-corrected chi connectivity index (χ2v) is 4.44. The molecule has 0 amide bonds. The molecule has 0 unspecified atom stereocenters. The maximum absolute atomic E-state index is 9.81. The summed E-state index contributed by atoms with van der Waals surface area (Å²) in [6.07, 6.45) is 0.907. The van der Waals surface area contributed by atoms with E-state index in [0.717, 1.165) is 0 Å². The quantitative estimate of drug-likeness (QED) is 0.476. The summed E-state index contributed by atoms with van der Waals surface area (Å²) in [4.78, 5) is 11.9. The third kappa shape index (κ3) is 3.14. The van der Waals surface area contributed by atoms with Gasteiger partial charge in [-0.05, 0) is 6.08 Å². The van der Waals surface area contributed by atoms with Crippen molar-refractivity contribution in [3.63, 3.8) is 0 Å². The van der Waals surface area contributed by atoms with Gasteiger partial charge in [0.25, 0.3) is 0 Å². The molecule has 0 radical (unpaired) electrons. The van der Waals surface area contributed by atoms with Gasteiger partial charge < -0.3 is 25.8 Å². The first-order valence-electron chi connectivity index (χ1n) is 6.46. The zero-order valence-electron chi connectivity index (χ0n) is 11.7. The predicted octanol–water partition coefficient (Wildman–Crippen LogP) is -1.02. The molecule has 0 bridgehead atoms. The van der Waals surface area contributed by atoms with Crippen molar-refractivity contribution in [2.45, 2.75) is 18.4 Å². The van der Waals surface area contributed by atoms with E-state index in [4.69, 9.17) is 10.5 Å². The SMILES string of the molecule is C=C=C[C@H](O)[C@@H](CO)O[C@H](CO)n1cnc2c(N)ncnc21. The van der Waals surface area contributed by atoms with Gasteiger partial charge in [-0.2, -0.15) is 0 Å². The molecular formula is C13H17N5O4. The minimum Gasteiger partial charge on any atom is -0.394 e. The molecule has 22 heavy (non-hydrogen) atoms. The van der Waals surface area contributed by atoms with Gasteiger partial charge in [0.2, 0.25) is 0 Å². The summed E-state index contributed by atoms with van der Waals surface area (Å²) in [6, 6.07) is 0. The van der Waals surface area contributed by atoms with Crippen LogP contribution in [0.4, 0.5) is 5.82 Å². The van der Waals surface area contributed by atoms with Crippen molar-refractivity contribution in [3.8, 4) is 0 Å². The summed E-state index contributed by atoms with van der Waals surface area (Å²) in [5.74, 6) is 0.203. The van der Waals surface area contributed by atoms with Gasteiger partial charge in [0.05, 0.1) is 19.5 Å². The topological polar surface area (TPSA) is 140 Å². The predicted molar refractivity (Wildman–Crippen MR) is 77.5 cm³/mol. The molecule has 0 fully saturated rings. The lowest BCUT2D eigenvalue weighted by Crippen LogP contribution is -2.34. The summed E-state index contributed by atoms with van der Waals surface area (Å²) in [6.45, 7) is 2.47. The van der Waals surface area contributed by atoms with Crippen LogP contribution in [0, 0.1) is 0 Å². The van der Waals surface area contributed by atoms with Crippen LogP contribution in [-0.2, 0) is 4.74 Å². The molecule has 2 aromatic heterocycles. The van der Waals surface area contributed by atoms with Crippen LogP contribution in [0.2, 0.25) is 0 Å². The fourth-order valence-electron chi connectivity index (χ4n) is 1.94. The van der Waals surface area contributed by atoms with Gasteiger partial charge >= 0.3 is 0 Å². The van der Waals surface area contributed by atoms with Crippen molar-refractivity contribution < 1.29 is 20.1 Å². The lowest BCUT2D eigenvalue weighted by atomic mass is 10.2. The molecular weight excluding hydrogens is 290 g/mol. The van der Waals surface area contributed by atoms with E-state index < -0.39 is 31.6 Å². The number of aromatic nitrogens is 4. The van der Waals surface area contributed by atoms with Gasteiger partial charge in [-0.15, -0.1) is 5.73 Å². The summed E-state index contributed by atoms with van der Waals surface area (Å²) >= 11 is 0. The van der Waals surface area contributed by atoms with Gasteiger partial charge in [0.15, 0.2) is 17.7 Å².